The van der Waals surface area contributed by atoms with Gasteiger partial charge in [0.05, 0.1) is 11.6 Å². The Bertz CT molecular complexity index is 1150. The number of Topliss-reactive ketones (excluding diaryl/α,β-unsaturated/α-hetero) is 1. The van der Waals surface area contributed by atoms with Crippen molar-refractivity contribution in [1.82, 2.24) is 0 Å². The molecule has 3 aromatic carbocycles. The molecule has 1 atom stereocenters. The lowest BCUT2D eigenvalue weighted by Crippen LogP contribution is -2.29. The van der Waals surface area contributed by atoms with Crippen LogP contribution in [0.2, 0.25) is 0 Å². The van der Waals surface area contributed by atoms with E-state index in [4.69, 9.17) is 0 Å². The maximum Gasteiger partial charge on any atom is 0.300 e. The molecule has 4 nitrogen and oxygen atoms in total. The second-order valence-electron chi connectivity index (χ2n) is 7.42. The highest BCUT2D eigenvalue weighted by molar-refractivity contribution is 9.10. The van der Waals surface area contributed by atoms with Crippen molar-refractivity contribution in [2.45, 2.75) is 19.9 Å². The molecule has 0 saturated carbocycles. The monoisotopic (exact) mass is 461 g/mol. The van der Waals surface area contributed by atoms with E-state index in [9.17, 15) is 14.7 Å². The third-order valence-corrected chi connectivity index (χ3v) is 5.80. The van der Waals surface area contributed by atoms with Crippen LogP contribution >= 0.6 is 15.9 Å². The van der Waals surface area contributed by atoms with E-state index in [-0.39, 0.29) is 11.3 Å². The summed E-state index contributed by atoms with van der Waals surface area (Å²) >= 11 is 3.42. The number of aliphatic hydroxyl groups is 1. The molecular weight excluding hydrogens is 442 g/mol. The number of hydrogen-bond acceptors (Lipinski definition) is 3. The molecule has 1 aliphatic heterocycles. The number of ketones is 1. The minimum Gasteiger partial charge on any atom is -0.507 e. The molecule has 30 heavy (non-hydrogen) atoms. The van der Waals surface area contributed by atoms with Gasteiger partial charge >= 0.3 is 0 Å². The number of nitrogens with zero attached hydrogens (tertiary/aromatic N) is 1. The standard InChI is InChI=1S/C25H20BrNO3/c1-15-3-7-18(8-4-15)23(28)21-22(17-9-11-19(26)12-10-17)27(25(30)24(21)29)20-13-5-16(2)6-14-20/h3-14,22,28H,1-2H3/b23-21-. The van der Waals surface area contributed by atoms with Gasteiger partial charge in [-0.2, -0.15) is 0 Å². The Morgan fingerprint density at radius 2 is 1.37 bits per heavy atom. The van der Waals surface area contributed by atoms with Crippen molar-refractivity contribution in [2.75, 3.05) is 4.90 Å². The summed E-state index contributed by atoms with van der Waals surface area (Å²) in [5, 5.41) is 11.1. The molecule has 1 N–H and O–H groups in total. The van der Waals surface area contributed by atoms with E-state index >= 15 is 0 Å². The van der Waals surface area contributed by atoms with Crippen molar-refractivity contribution in [3.63, 3.8) is 0 Å². The summed E-state index contributed by atoms with van der Waals surface area (Å²) in [6, 6.07) is 21.4. The average Bonchev–Trinajstić information content (AvgIpc) is 3.00. The number of benzene rings is 3. The lowest BCUT2D eigenvalue weighted by Gasteiger charge is -2.25. The Balaban J connectivity index is 1.93. The fourth-order valence-electron chi connectivity index (χ4n) is 3.63. The Morgan fingerprint density at radius 3 is 1.93 bits per heavy atom. The minimum absolute atomic E-state index is 0.0896. The number of anilines is 1. The van der Waals surface area contributed by atoms with Gasteiger partial charge in [-0.3, -0.25) is 14.5 Å². The van der Waals surface area contributed by atoms with Crippen LogP contribution in [0.15, 0.2) is 82.8 Å². The molecule has 0 aromatic heterocycles. The number of amides is 1. The summed E-state index contributed by atoms with van der Waals surface area (Å²) in [6.45, 7) is 3.91. The van der Waals surface area contributed by atoms with Crippen LogP contribution in [0.4, 0.5) is 5.69 Å². The number of aliphatic hydroxyl groups excluding tert-OH is 1. The molecule has 0 aliphatic carbocycles. The second kappa shape index (κ2) is 7.92. The van der Waals surface area contributed by atoms with Gasteiger partial charge in [0.2, 0.25) is 0 Å². The Kier molecular flexibility index (Phi) is 5.31. The maximum atomic E-state index is 13.1. The zero-order valence-corrected chi connectivity index (χ0v) is 18.2. The van der Waals surface area contributed by atoms with E-state index in [0.717, 1.165) is 21.2 Å². The maximum absolute atomic E-state index is 13.1. The zero-order valence-electron chi connectivity index (χ0n) is 16.6. The van der Waals surface area contributed by atoms with E-state index in [0.29, 0.717) is 11.3 Å². The van der Waals surface area contributed by atoms with E-state index in [2.05, 4.69) is 15.9 Å². The Labute approximate surface area is 183 Å². The lowest BCUT2D eigenvalue weighted by molar-refractivity contribution is -0.132. The lowest BCUT2D eigenvalue weighted by atomic mass is 9.95. The quantitative estimate of drug-likeness (QED) is 0.309. The molecule has 0 bridgehead atoms. The van der Waals surface area contributed by atoms with Gasteiger partial charge in [-0.1, -0.05) is 75.6 Å². The van der Waals surface area contributed by atoms with Crippen LogP contribution in [-0.2, 0) is 9.59 Å². The fraction of sp³-hybridized carbons (Fsp3) is 0.120. The molecule has 1 aliphatic rings. The number of rotatable bonds is 3. The molecule has 1 saturated heterocycles. The van der Waals surface area contributed by atoms with E-state index < -0.39 is 17.7 Å². The Hall–Kier alpha value is -3.18. The second-order valence-corrected chi connectivity index (χ2v) is 8.34. The van der Waals surface area contributed by atoms with Gasteiger partial charge in [0.1, 0.15) is 5.76 Å². The normalized spacial score (nSPS) is 18.1. The smallest absolute Gasteiger partial charge is 0.300 e. The van der Waals surface area contributed by atoms with Crippen LogP contribution < -0.4 is 4.90 Å². The molecule has 4 rings (SSSR count). The van der Waals surface area contributed by atoms with Crippen LogP contribution in [0, 0.1) is 13.8 Å². The van der Waals surface area contributed by atoms with Crippen molar-refractivity contribution in [2.24, 2.45) is 0 Å². The fourth-order valence-corrected chi connectivity index (χ4v) is 3.90. The van der Waals surface area contributed by atoms with Crippen molar-refractivity contribution >= 4 is 39.1 Å². The number of halogens is 1. The highest BCUT2D eigenvalue weighted by atomic mass is 79.9. The molecule has 1 unspecified atom stereocenters. The molecule has 150 valence electrons. The minimum atomic E-state index is -0.720. The van der Waals surface area contributed by atoms with Gasteiger partial charge in [-0.05, 0) is 43.7 Å². The summed E-state index contributed by atoms with van der Waals surface area (Å²) in [6.07, 6.45) is 0. The van der Waals surface area contributed by atoms with Crippen molar-refractivity contribution < 1.29 is 14.7 Å². The number of hydrogen-bond donors (Lipinski definition) is 1. The molecule has 0 spiro atoms. The van der Waals surface area contributed by atoms with E-state index in [1.165, 1.54) is 4.90 Å². The highest BCUT2D eigenvalue weighted by Gasteiger charge is 2.46. The average molecular weight is 462 g/mol. The SMILES string of the molecule is Cc1ccc(/C(O)=C2/C(=O)C(=O)N(c3ccc(C)cc3)C2c2ccc(Br)cc2)cc1. The van der Waals surface area contributed by atoms with Crippen LogP contribution in [0.3, 0.4) is 0 Å². The van der Waals surface area contributed by atoms with Crippen LogP contribution in [-0.4, -0.2) is 16.8 Å². The van der Waals surface area contributed by atoms with Gasteiger partial charge in [0.25, 0.3) is 11.7 Å². The first kappa shape index (κ1) is 20.1. The summed E-state index contributed by atoms with van der Waals surface area (Å²) < 4.78 is 0.886. The largest absolute Gasteiger partial charge is 0.507 e. The van der Waals surface area contributed by atoms with Crippen LogP contribution in [0.5, 0.6) is 0 Å². The zero-order chi connectivity index (χ0) is 21.4. The van der Waals surface area contributed by atoms with Crippen molar-refractivity contribution in [3.8, 4) is 0 Å². The van der Waals surface area contributed by atoms with Crippen molar-refractivity contribution in [3.05, 3.63) is 105 Å². The third kappa shape index (κ3) is 3.57. The summed E-state index contributed by atoms with van der Waals surface area (Å²) in [5.74, 6) is -1.52. The van der Waals surface area contributed by atoms with E-state index in [1.807, 2.05) is 74.5 Å². The predicted octanol–water partition coefficient (Wildman–Crippen LogP) is 5.69. The molecule has 3 aromatic rings. The number of carbonyl (C=O) groups excluding carboxylic acids is 2. The summed E-state index contributed by atoms with van der Waals surface area (Å²) in [5.41, 5.74) is 4.04. The molecule has 1 heterocycles. The number of carbonyl (C=O) groups is 2. The molecular formula is C25H20BrNO3. The van der Waals surface area contributed by atoms with Gasteiger partial charge in [-0.25, -0.2) is 0 Å². The molecule has 1 amide bonds. The van der Waals surface area contributed by atoms with Gasteiger partial charge < -0.3 is 5.11 Å². The summed E-state index contributed by atoms with van der Waals surface area (Å²) in [4.78, 5) is 27.6. The first-order chi connectivity index (χ1) is 14.4. The Morgan fingerprint density at radius 1 is 0.833 bits per heavy atom. The van der Waals surface area contributed by atoms with Crippen LogP contribution in [0.1, 0.15) is 28.3 Å². The first-order valence-corrected chi connectivity index (χ1v) is 10.4. The molecule has 5 heteroatoms. The molecule has 1 fully saturated rings. The van der Waals surface area contributed by atoms with Crippen LogP contribution in [0.25, 0.3) is 5.76 Å². The van der Waals surface area contributed by atoms with Crippen molar-refractivity contribution in [1.29, 1.82) is 0 Å². The highest BCUT2D eigenvalue weighted by Crippen LogP contribution is 2.42. The predicted molar refractivity (Wildman–Crippen MR) is 121 cm³/mol. The number of aryl methyl sites for hydroxylation is 2. The van der Waals surface area contributed by atoms with Gasteiger partial charge in [0.15, 0.2) is 0 Å². The van der Waals surface area contributed by atoms with E-state index in [1.54, 1.807) is 12.1 Å². The molecule has 0 radical (unpaired) electrons. The van der Waals surface area contributed by atoms with Gasteiger partial charge in [-0.15, -0.1) is 0 Å². The van der Waals surface area contributed by atoms with Gasteiger partial charge in [0, 0.05) is 15.7 Å². The first-order valence-electron chi connectivity index (χ1n) is 9.57. The summed E-state index contributed by atoms with van der Waals surface area (Å²) in [7, 11) is 0. The topological polar surface area (TPSA) is 57.6 Å². The third-order valence-electron chi connectivity index (χ3n) is 5.27.